The molecule has 0 aliphatic rings. The van der Waals surface area contributed by atoms with Crippen molar-refractivity contribution in [2.45, 2.75) is 34.0 Å². The fourth-order valence-electron chi connectivity index (χ4n) is 4.55. The number of aromatic nitrogens is 6. The molecule has 0 amide bonds. The number of ether oxygens (including phenoxy) is 1. The molecule has 0 spiro atoms. The molecule has 0 unspecified atom stereocenters. The molecule has 0 atom stereocenters. The van der Waals surface area contributed by atoms with E-state index in [1.807, 2.05) is 133 Å². The first-order valence-corrected chi connectivity index (χ1v) is 15.8. The average Bonchev–Trinajstić information content (AvgIpc) is 3.71. The zero-order valence-electron chi connectivity index (χ0n) is 25.0. The van der Waals surface area contributed by atoms with Crippen LogP contribution in [0.5, 0.6) is 5.88 Å². The van der Waals surface area contributed by atoms with Crippen molar-refractivity contribution in [3.63, 3.8) is 0 Å². The molecule has 3 aromatic heterocycles. The highest BCUT2D eigenvalue weighted by Gasteiger charge is 2.13. The molecule has 0 radical (unpaired) electrons. The van der Waals surface area contributed by atoms with Crippen molar-refractivity contribution in [1.29, 1.82) is 0 Å². The minimum Gasteiger partial charge on any atom is -0.471 e. The topological polar surface area (TPSA) is 106 Å². The van der Waals surface area contributed by atoms with Crippen molar-refractivity contribution in [2.24, 2.45) is 0 Å². The molecule has 226 valence electrons. The fraction of sp³-hybridized carbons (Fsp3) is 0.182. The molecule has 0 bridgehead atoms. The zero-order valence-corrected chi connectivity index (χ0v) is 25.8. The van der Waals surface area contributed by atoms with Gasteiger partial charge in [0.15, 0.2) is 0 Å². The quantitative estimate of drug-likeness (QED) is 0.187. The van der Waals surface area contributed by atoms with Crippen LogP contribution in [-0.2, 0) is 27.5 Å². The molecule has 0 N–H and O–H groups in total. The van der Waals surface area contributed by atoms with Gasteiger partial charge in [0.05, 0.1) is 51.8 Å². The summed E-state index contributed by atoms with van der Waals surface area (Å²) < 4.78 is 38.4. The predicted molar refractivity (Wildman–Crippen MR) is 169 cm³/mol. The number of hydrogen-bond donors (Lipinski definition) is 0. The minimum atomic E-state index is -3.45. The Morgan fingerprint density at radius 2 is 0.955 bits per heavy atom. The Balaban J connectivity index is 0.000000187. The number of nitrogens with zero attached hydrogens (tertiary/aromatic N) is 6. The van der Waals surface area contributed by atoms with Gasteiger partial charge < -0.3 is 4.74 Å². The highest BCUT2D eigenvalue weighted by atomic mass is 32.2. The van der Waals surface area contributed by atoms with Crippen molar-refractivity contribution in [3.05, 3.63) is 138 Å². The van der Waals surface area contributed by atoms with Gasteiger partial charge in [-0.2, -0.15) is 23.7 Å². The molecule has 0 saturated heterocycles. The van der Waals surface area contributed by atoms with Gasteiger partial charge in [-0.25, -0.2) is 14.0 Å². The van der Waals surface area contributed by atoms with E-state index in [1.165, 1.54) is 0 Å². The molecular formula is C33H34N6O4S. The number of hydrogen-bond acceptors (Lipinski definition) is 7. The summed E-state index contributed by atoms with van der Waals surface area (Å²) in [4.78, 5) is 0. The highest BCUT2D eigenvalue weighted by Crippen LogP contribution is 2.21. The molecule has 10 nitrogen and oxygen atoms in total. The molecule has 0 saturated carbocycles. The summed E-state index contributed by atoms with van der Waals surface area (Å²) in [5, 5.41) is 13.5. The standard InChI is InChI=1S/C21H20N4O.C12H14N2O3S/c1-16-13-20(24(22-16)18-9-5-3-6-10-18)15-26-21-14-17(2)23-25(21)19-11-7-4-8-12-19;1-10-8-12(9-17-18(2,15)16)14(13-10)11-6-4-3-5-7-11/h3-14H,15H2,1-2H3;3-8H,9H2,1-2H3. The molecule has 0 aliphatic carbocycles. The molecule has 3 heterocycles. The predicted octanol–water partition coefficient (Wildman–Crippen LogP) is 5.91. The van der Waals surface area contributed by atoms with Gasteiger partial charge in [-0.1, -0.05) is 54.6 Å². The number of para-hydroxylation sites is 3. The maximum absolute atomic E-state index is 11.0. The summed E-state index contributed by atoms with van der Waals surface area (Å²) in [5.41, 5.74) is 7.24. The van der Waals surface area contributed by atoms with Gasteiger partial charge in [0.25, 0.3) is 10.1 Å². The van der Waals surface area contributed by atoms with Crippen molar-refractivity contribution >= 4 is 10.1 Å². The van der Waals surface area contributed by atoms with Gasteiger partial charge in [0.2, 0.25) is 5.88 Å². The Labute approximate surface area is 257 Å². The normalized spacial score (nSPS) is 11.2. The van der Waals surface area contributed by atoms with Gasteiger partial charge >= 0.3 is 0 Å². The van der Waals surface area contributed by atoms with Crippen LogP contribution in [0.25, 0.3) is 17.1 Å². The number of benzene rings is 3. The van der Waals surface area contributed by atoms with Crippen molar-refractivity contribution in [3.8, 4) is 22.9 Å². The summed E-state index contributed by atoms with van der Waals surface area (Å²) in [6.45, 7) is 6.19. The maximum atomic E-state index is 11.0. The van der Waals surface area contributed by atoms with E-state index in [1.54, 1.807) is 10.7 Å². The lowest BCUT2D eigenvalue weighted by Crippen LogP contribution is -2.08. The molecule has 3 aromatic carbocycles. The van der Waals surface area contributed by atoms with Crippen LogP contribution in [0.4, 0.5) is 0 Å². The van der Waals surface area contributed by atoms with Crippen LogP contribution in [0.1, 0.15) is 28.5 Å². The van der Waals surface area contributed by atoms with E-state index in [4.69, 9.17) is 8.92 Å². The van der Waals surface area contributed by atoms with Crippen LogP contribution in [-0.4, -0.2) is 44.0 Å². The Bertz CT molecular complexity index is 1830. The second-order valence-electron chi connectivity index (χ2n) is 10.2. The van der Waals surface area contributed by atoms with Gasteiger partial charge in [0.1, 0.15) is 13.2 Å². The van der Waals surface area contributed by atoms with E-state index in [0.29, 0.717) is 18.2 Å². The third-order valence-electron chi connectivity index (χ3n) is 6.40. The van der Waals surface area contributed by atoms with E-state index in [-0.39, 0.29) is 6.61 Å². The van der Waals surface area contributed by atoms with E-state index < -0.39 is 10.1 Å². The SMILES string of the molecule is Cc1cc(COS(C)(=O)=O)n(-c2ccccc2)n1.Cc1cc(COc2cc(C)nn2-c2ccccc2)n(-c2ccccc2)n1. The lowest BCUT2D eigenvalue weighted by Gasteiger charge is -2.11. The van der Waals surface area contributed by atoms with E-state index >= 15 is 0 Å². The van der Waals surface area contributed by atoms with E-state index in [9.17, 15) is 8.42 Å². The van der Waals surface area contributed by atoms with Gasteiger partial charge in [-0.15, -0.1) is 0 Å². The van der Waals surface area contributed by atoms with Crippen LogP contribution < -0.4 is 4.74 Å². The summed E-state index contributed by atoms with van der Waals surface area (Å²) in [6, 6.07) is 35.4. The van der Waals surface area contributed by atoms with Crippen molar-refractivity contribution < 1.29 is 17.3 Å². The first-order chi connectivity index (χ1) is 21.2. The van der Waals surface area contributed by atoms with E-state index in [2.05, 4.69) is 15.3 Å². The Morgan fingerprint density at radius 1 is 0.568 bits per heavy atom. The molecule has 0 fully saturated rings. The summed E-state index contributed by atoms with van der Waals surface area (Å²) >= 11 is 0. The Kier molecular flexibility index (Phi) is 9.37. The number of rotatable bonds is 9. The Hall–Kier alpha value is -5.00. The van der Waals surface area contributed by atoms with Gasteiger partial charge in [-0.3, -0.25) is 4.18 Å². The van der Waals surface area contributed by atoms with Crippen LogP contribution in [0.3, 0.4) is 0 Å². The first-order valence-electron chi connectivity index (χ1n) is 14.0. The lowest BCUT2D eigenvalue weighted by molar-refractivity contribution is 0.277. The molecule has 0 aliphatic heterocycles. The van der Waals surface area contributed by atoms with Crippen LogP contribution >= 0.6 is 0 Å². The third-order valence-corrected chi connectivity index (χ3v) is 6.95. The first kappa shape index (κ1) is 30.5. The second-order valence-corrected chi connectivity index (χ2v) is 11.8. The molecule has 6 rings (SSSR count). The van der Waals surface area contributed by atoms with E-state index in [0.717, 1.165) is 46.1 Å². The molecule has 44 heavy (non-hydrogen) atoms. The van der Waals surface area contributed by atoms with Gasteiger partial charge in [-0.05, 0) is 69.3 Å². The van der Waals surface area contributed by atoms with Crippen LogP contribution in [0.15, 0.2) is 109 Å². The van der Waals surface area contributed by atoms with Gasteiger partial charge in [0, 0.05) is 6.07 Å². The second kappa shape index (κ2) is 13.5. The van der Waals surface area contributed by atoms with Crippen LogP contribution in [0, 0.1) is 20.8 Å². The summed E-state index contributed by atoms with van der Waals surface area (Å²) in [7, 11) is -3.45. The fourth-order valence-corrected chi connectivity index (χ4v) is 4.88. The van der Waals surface area contributed by atoms with Crippen LogP contribution in [0.2, 0.25) is 0 Å². The maximum Gasteiger partial charge on any atom is 0.264 e. The smallest absolute Gasteiger partial charge is 0.264 e. The lowest BCUT2D eigenvalue weighted by atomic mass is 10.3. The molecular weight excluding hydrogens is 576 g/mol. The summed E-state index contributed by atoms with van der Waals surface area (Å²) in [6.07, 6.45) is 1.03. The number of aryl methyl sites for hydroxylation is 3. The monoisotopic (exact) mass is 610 g/mol. The molecule has 11 heteroatoms. The Morgan fingerprint density at radius 3 is 1.41 bits per heavy atom. The highest BCUT2D eigenvalue weighted by molar-refractivity contribution is 7.85. The third kappa shape index (κ3) is 7.88. The minimum absolute atomic E-state index is 0.0193. The molecule has 6 aromatic rings. The van der Waals surface area contributed by atoms with Crippen molar-refractivity contribution in [2.75, 3.05) is 6.26 Å². The van der Waals surface area contributed by atoms with Crippen molar-refractivity contribution in [1.82, 2.24) is 29.3 Å². The zero-order chi connectivity index (χ0) is 31.1. The average molecular weight is 611 g/mol. The largest absolute Gasteiger partial charge is 0.471 e. The summed E-state index contributed by atoms with van der Waals surface area (Å²) in [5.74, 6) is 0.715.